The van der Waals surface area contributed by atoms with Gasteiger partial charge in [0.15, 0.2) is 0 Å². The molecule has 1 aromatic carbocycles. The van der Waals surface area contributed by atoms with Crippen molar-refractivity contribution in [1.82, 2.24) is 5.32 Å². The summed E-state index contributed by atoms with van der Waals surface area (Å²) in [7, 11) is -2.84. The quantitative estimate of drug-likeness (QED) is 0.616. The van der Waals surface area contributed by atoms with Gasteiger partial charge in [-0.25, -0.2) is 8.42 Å². The number of aryl methyl sites for hydroxylation is 2. The lowest BCUT2D eigenvalue weighted by Gasteiger charge is -2.07. The summed E-state index contributed by atoms with van der Waals surface area (Å²) >= 11 is 1.80. The minimum absolute atomic E-state index is 0.210. The van der Waals surface area contributed by atoms with Gasteiger partial charge in [0.05, 0.1) is 5.75 Å². The van der Waals surface area contributed by atoms with E-state index in [1.807, 2.05) is 0 Å². The molecule has 3 nitrogen and oxygen atoms in total. The first-order valence-electron chi connectivity index (χ1n) is 5.97. The molecule has 0 radical (unpaired) electrons. The summed E-state index contributed by atoms with van der Waals surface area (Å²) in [5.74, 6) is 1.16. The van der Waals surface area contributed by atoms with Gasteiger partial charge in [-0.1, -0.05) is 17.7 Å². The highest BCUT2D eigenvalue weighted by Gasteiger charge is 2.01. The van der Waals surface area contributed by atoms with Crippen LogP contribution >= 0.6 is 11.8 Å². The molecule has 0 bridgehead atoms. The predicted molar refractivity (Wildman–Crippen MR) is 79.2 cm³/mol. The van der Waals surface area contributed by atoms with Crippen LogP contribution in [0.5, 0.6) is 0 Å². The molecule has 102 valence electrons. The molecule has 0 saturated carbocycles. The first-order chi connectivity index (χ1) is 8.38. The number of nitrogens with one attached hydrogen (secondary N) is 1. The number of benzene rings is 1. The topological polar surface area (TPSA) is 46.2 Å². The highest BCUT2D eigenvalue weighted by Crippen LogP contribution is 2.22. The fourth-order valence-corrected chi connectivity index (χ4v) is 3.01. The van der Waals surface area contributed by atoms with Crippen molar-refractivity contribution >= 4 is 21.6 Å². The summed E-state index contributed by atoms with van der Waals surface area (Å²) in [6.07, 6.45) is 1.26. The number of thioether (sulfide) groups is 1. The zero-order valence-electron chi connectivity index (χ0n) is 11.2. The lowest BCUT2D eigenvalue weighted by Crippen LogP contribution is -2.24. The van der Waals surface area contributed by atoms with Gasteiger partial charge >= 0.3 is 0 Å². The summed E-state index contributed by atoms with van der Waals surface area (Å²) < 4.78 is 21.8. The van der Waals surface area contributed by atoms with Crippen LogP contribution in [-0.4, -0.2) is 39.3 Å². The summed E-state index contributed by atoms with van der Waals surface area (Å²) in [4.78, 5) is 1.30. The second kappa shape index (κ2) is 7.16. The Morgan fingerprint density at radius 1 is 1.22 bits per heavy atom. The van der Waals surface area contributed by atoms with E-state index in [9.17, 15) is 8.42 Å². The maximum atomic E-state index is 10.9. The van der Waals surface area contributed by atoms with Crippen molar-refractivity contribution in [3.8, 4) is 0 Å². The molecule has 0 aliphatic carbocycles. The van der Waals surface area contributed by atoms with Gasteiger partial charge < -0.3 is 5.32 Å². The molecular weight excluding hydrogens is 266 g/mol. The highest BCUT2D eigenvalue weighted by molar-refractivity contribution is 7.99. The lowest BCUT2D eigenvalue weighted by molar-refractivity contribution is 0.598. The lowest BCUT2D eigenvalue weighted by atomic mass is 10.2. The van der Waals surface area contributed by atoms with E-state index in [0.29, 0.717) is 6.54 Å². The van der Waals surface area contributed by atoms with Crippen LogP contribution in [-0.2, 0) is 9.84 Å². The third kappa shape index (κ3) is 6.42. The Morgan fingerprint density at radius 3 is 2.56 bits per heavy atom. The van der Waals surface area contributed by atoms with E-state index in [1.54, 1.807) is 11.8 Å². The molecule has 0 aliphatic heterocycles. The van der Waals surface area contributed by atoms with Crippen LogP contribution in [0.1, 0.15) is 11.1 Å². The molecule has 18 heavy (non-hydrogen) atoms. The first kappa shape index (κ1) is 15.5. The van der Waals surface area contributed by atoms with Crippen molar-refractivity contribution in [1.29, 1.82) is 0 Å². The van der Waals surface area contributed by atoms with Gasteiger partial charge in [0.2, 0.25) is 0 Å². The van der Waals surface area contributed by atoms with Crippen molar-refractivity contribution in [2.45, 2.75) is 18.7 Å². The smallest absolute Gasteiger partial charge is 0.148 e. The van der Waals surface area contributed by atoms with Crippen molar-refractivity contribution in [2.24, 2.45) is 0 Å². The van der Waals surface area contributed by atoms with E-state index in [1.165, 1.54) is 22.3 Å². The zero-order chi connectivity index (χ0) is 13.6. The fourth-order valence-electron chi connectivity index (χ4n) is 1.58. The van der Waals surface area contributed by atoms with Crippen molar-refractivity contribution in [3.63, 3.8) is 0 Å². The third-order valence-corrected chi connectivity index (χ3v) is 4.64. The molecule has 0 aliphatic rings. The average Bonchev–Trinajstić information content (AvgIpc) is 2.24. The summed E-state index contributed by atoms with van der Waals surface area (Å²) in [5, 5.41) is 3.14. The number of rotatable bonds is 7. The van der Waals surface area contributed by atoms with E-state index in [-0.39, 0.29) is 5.75 Å². The van der Waals surface area contributed by atoms with Crippen LogP contribution in [0.3, 0.4) is 0 Å². The van der Waals surface area contributed by atoms with Crippen LogP contribution in [0.2, 0.25) is 0 Å². The van der Waals surface area contributed by atoms with E-state index in [0.717, 1.165) is 12.3 Å². The number of hydrogen-bond donors (Lipinski definition) is 1. The number of hydrogen-bond acceptors (Lipinski definition) is 4. The zero-order valence-corrected chi connectivity index (χ0v) is 12.8. The standard InChI is InChI=1S/C13H21NO2S2/c1-11-4-5-13(12(2)10-11)17-8-6-14-7-9-18(3,15)16/h4-5,10,14H,6-9H2,1-3H3. The predicted octanol–water partition coefficient (Wildman–Crippen LogP) is 2.03. The van der Waals surface area contributed by atoms with E-state index in [4.69, 9.17) is 0 Å². The van der Waals surface area contributed by atoms with Gasteiger partial charge in [-0.3, -0.25) is 0 Å². The van der Waals surface area contributed by atoms with Gasteiger partial charge in [-0.05, 0) is 25.5 Å². The van der Waals surface area contributed by atoms with Crippen molar-refractivity contribution in [3.05, 3.63) is 29.3 Å². The van der Waals surface area contributed by atoms with Crippen LogP contribution in [0.15, 0.2) is 23.1 Å². The molecule has 1 N–H and O–H groups in total. The molecular formula is C13H21NO2S2. The van der Waals surface area contributed by atoms with E-state index >= 15 is 0 Å². The van der Waals surface area contributed by atoms with Crippen LogP contribution in [0.25, 0.3) is 0 Å². The maximum Gasteiger partial charge on any atom is 0.148 e. The molecule has 0 fully saturated rings. The molecule has 0 atom stereocenters. The second-order valence-corrected chi connectivity index (χ2v) is 7.89. The Hall–Kier alpha value is -0.520. The summed E-state index contributed by atoms with van der Waals surface area (Å²) in [5.41, 5.74) is 2.58. The highest BCUT2D eigenvalue weighted by atomic mass is 32.2. The Kier molecular flexibility index (Phi) is 6.18. The fraction of sp³-hybridized carbons (Fsp3) is 0.538. The van der Waals surface area contributed by atoms with Crippen LogP contribution < -0.4 is 5.32 Å². The minimum atomic E-state index is -2.84. The normalized spacial score (nSPS) is 11.7. The monoisotopic (exact) mass is 287 g/mol. The van der Waals surface area contributed by atoms with Gasteiger partial charge in [-0.15, -0.1) is 11.8 Å². The molecule has 0 unspecified atom stereocenters. The Balaban J connectivity index is 2.22. The summed E-state index contributed by atoms with van der Waals surface area (Å²) in [6, 6.07) is 6.44. The molecule has 0 heterocycles. The van der Waals surface area contributed by atoms with Gasteiger partial charge in [0.25, 0.3) is 0 Å². The molecule has 0 aromatic heterocycles. The van der Waals surface area contributed by atoms with Crippen molar-refractivity contribution < 1.29 is 8.42 Å². The van der Waals surface area contributed by atoms with Crippen LogP contribution in [0, 0.1) is 13.8 Å². The van der Waals surface area contributed by atoms with Gasteiger partial charge in [-0.2, -0.15) is 0 Å². The van der Waals surface area contributed by atoms with E-state index < -0.39 is 9.84 Å². The van der Waals surface area contributed by atoms with Gasteiger partial charge in [0, 0.05) is 30.0 Å². The second-order valence-electron chi connectivity index (χ2n) is 4.50. The summed E-state index contributed by atoms with van der Waals surface area (Å²) in [6.45, 7) is 5.57. The van der Waals surface area contributed by atoms with Crippen molar-refractivity contribution in [2.75, 3.05) is 30.9 Å². The Bertz CT molecular complexity index is 484. The number of sulfone groups is 1. The van der Waals surface area contributed by atoms with Crippen LogP contribution in [0.4, 0.5) is 0 Å². The molecule has 5 heteroatoms. The molecule has 0 saturated heterocycles. The Morgan fingerprint density at radius 2 is 1.94 bits per heavy atom. The molecule has 1 aromatic rings. The Labute approximate surface area is 114 Å². The molecule has 1 rings (SSSR count). The SMILES string of the molecule is Cc1ccc(SCCNCCS(C)(=O)=O)c(C)c1. The van der Waals surface area contributed by atoms with E-state index in [2.05, 4.69) is 37.4 Å². The third-order valence-electron chi connectivity index (χ3n) is 2.52. The largest absolute Gasteiger partial charge is 0.315 e. The van der Waals surface area contributed by atoms with Gasteiger partial charge in [0.1, 0.15) is 9.84 Å². The molecule has 0 amide bonds. The average molecular weight is 287 g/mol. The molecule has 0 spiro atoms. The minimum Gasteiger partial charge on any atom is -0.315 e. The maximum absolute atomic E-state index is 10.9. The first-order valence-corrected chi connectivity index (χ1v) is 9.01.